The topological polar surface area (TPSA) is 68.0 Å². The summed E-state index contributed by atoms with van der Waals surface area (Å²) in [5, 5.41) is 2.56. The monoisotopic (exact) mass is 283 g/mol. The lowest BCUT2D eigenvalue weighted by Crippen LogP contribution is -2.14. The second-order valence-electron chi connectivity index (χ2n) is 4.37. The van der Waals surface area contributed by atoms with Crippen LogP contribution >= 0.6 is 0 Å². The van der Waals surface area contributed by atoms with Crippen molar-refractivity contribution in [1.29, 1.82) is 0 Å². The predicted molar refractivity (Wildman–Crippen MR) is 79.3 cm³/mol. The third-order valence-corrected chi connectivity index (χ3v) is 2.71. The average molecular weight is 283 g/mol. The van der Waals surface area contributed by atoms with E-state index < -0.39 is 11.7 Å². The van der Waals surface area contributed by atoms with Gasteiger partial charge >= 0.3 is 0 Å². The lowest BCUT2D eigenvalue weighted by atomic mass is 10.1. The first-order chi connectivity index (χ1) is 10.1. The standard InChI is InChI=1S/C16H14FN3O/c1-11-6-8-19-15(9-11)20-16(21)13-5-4-12(3-2-7-18)10-14(13)17/h4-6,8-10H,7,18H2,1H3,(H,19,20,21). The smallest absolute Gasteiger partial charge is 0.259 e. The molecular formula is C16H14FN3O. The molecule has 0 atom stereocenters. The summed E-state index contributed by atoms with van der Waals surface area (Å²) in [6.07, 6.45) is 1.58. The van der Waals surface area contributed by atoms with Crippen molar-refractivity contribution in [1.82, 2.24) is 4.98 Å². The molecule has 4 nitrogen and oxygen atoms in total. The molecule has 3 N–H and O–H groups in total. The summed E-state index contributed by atoms with van der Waals surface area (Å²) < 4.78 is 13.9. The maximum atomic E-state index is 13.9. The van der Waals surface area contributed by atoms with Crippen molar-refractivity contribution in [3.05, 3.63) is 59.0 Å². The van der Waals surface area contributed by atoms with Crippen LogP contribution < -0.4 is 11.1 Å². The number of rotatable bonds is 2. The first kappa shape index (κ1) is 14.7. The number of nitrogens with two attached hydrogens (primary N) is 1. The van der Waals surface area contributed by atoms with E-state index in [1.165, 1.54) is 12.1 Å². The summed E-state index contributed by atoms with van der Waals surface area (Å²) >= 11 is 0. The minimum atomic E-state index is -0.635. The number of hydrogen-bond donors (Lipinski definition) is 2. The Hall–Kier alpha value is -2.71. The molecule has 106 valence electrons. The van der Waals surface area contributed by atoms with Gasteiger partial charge in [0.05, 0.1) is 12.1 Å². The number of aryl methyl sites for hydroxylation is 1. The lowest BCUT2D eigenvalue weighted by Gasteiger charge is -2.06. The minimum Gasteiger partial charge on any atom is -0.320 e. The van der Waals surface area contributed by atoms with Crippen LogP contribution in [0.3, 0.4) is 0 Å². The highest BCUT2D eigenvalue weighted by atomic mass is 19.1. The number of carbonyl (C=O) groups is 1. The van der Waals surface area contributed by atoms with E-state index >= 15 is 0 Å². The number of carbonyl (C=O) groups excluding carboxylic acids is 1. The van der Waals surface area contributed by atoms with Gasteiger partial charge in [-0.15, -0.1) is 0 Å². The highest BCUT2D eigenvalue weighted by Gasteiger charge is 2.12. The van der Waals surface area contributed by atoms with Crippen LogP contribution in [0.2, 0.25) is 0 Å². The number of anilines is 1. The van der Waals surface area contributed by atoms with Gasteiger partial charge in [-0.3, -0.25) is 4.79 Å². The predicted octanol–water partition coefficient (Wildman–Crippen LogP) is 2.09. The van der Waals surface area contributed by atoms with Gasteiger partial charge in [0.2, 0.25) is 0 Å². The summed E-state index contributed by atoms with van der Waals surface area (Å²) in [4.78, 5) is 16.0. The SMILES string of the molecule is Cc1ccnc(NC(=O)c2ccc(C#CCN)cc2F)c1. The van der Waals surface area contributed by atoms with Crippen molar-refractivity contribution in [2.24, 2.45) is 5.73 Å². The summed E-state index contributed by atoms with van der Waals surface area (Å²) in [6.45, 7) is 2.08. The first-order valence-corrected chi connectivity index (χ1v) is 6.32. The fourth-order valence-corrected chi connectivity index (χ4v) is 1.72. The Morgan fingerprint density at radius 3 is 2.86 bits per heavy atom. The Morgan fingerprint density at radius 1 is 1.38 bits per heavy atom. The number of aromatic nitrogens is 1. The van der Waals surface area contributed by atoms with E-state index in [1.54, 1.807) is 24.4 Å². The molecule has 0 aliphatic carbocycles. The van der Waals surface area contributed by atoms with Crippen LogP contribution in [0, 0.1) is 24.6 Å². The van der Waals surface area contributed by atoms with E-state index in [0.717, 1.165) is 5.56 Å². The third-order valence-electron chi connectivity index (χ3n) is 2.71. The Labute approximate surface area is 122 Å². The second kappa shape index (κ2) is 6.64. The molecule has 1 heterocycles. The molecular weight excluding hydrogens is 269 g/mol. The van der Waals surface area contributed by atoms with Crippen LogP contribution in [-0.2, 0) is 0 Å². The van der Waals surface area contributed by atoms with Gasteiger partial charge in [0.1, 0.15) is 11.6 Å². The summed E-state index contributed by atoms with van der Waals surface area (Å²) in [6, 6.07) is 7.69. The number of benzene rings is 1. The maximum absolute atomic E-state index is 13.9. The molecule has 1 amide bonds. The molecule has 0 aliphatic rings. The first-order valence-electron chi connectivity index (χ1n) is 6.32. The normalized spacial score (nSPS) is 9.67. The van der Waals surface area contributed by atoms with Crippen molar-refractivity contribution in [3.8, 4) is 11.8 Å². The van der Waals surface area contributed by atoms with Gasteiger partial charge in [-0.2, -0.15) is 0 Å². The lowest BCUT2D eigenvalue weighted by molar-refractivity contribution is 0.102. The Kier molecular flexibility index (Phi) is 4.64. The molecule has 0 spiro atoms. The number of nitrogens with one attached hydrogen (secondary N) is 1. The van der Waals surface area contributed by atoms with E-state index in [4.69, 9.17) is 5.73 Å². The number of pyridine rings is 1. The third kappa shape index (κ3) is 3.88. The molecule has 0 radical (unpaired) electrons. The molecule has 5 heteroatoms. The minimum absolute atomic E-state index is 0.0587. The fourth-order valence-electron chi connectivity index (χ4n) is 1.72. The summed E-state index contributed by atoms with van der Waals surface area (Å²) in [5.41, 5.74) is 6.62. The summed E-state index contributed by atoms with van der Waals surface area (Å²) in [7, 11) is 0. The molecule has 1 aromatic carbocycles. The Balaban J connectivity index is 2.20. The van der Waals surface area contributed by atoms with Gasteiger partial charge in [-0.05, 0) is 42.8 Å². The fraction of sp³-hybridized carbons (Fsp3) is 0.125. The molecule has 1 aromatic heterocycles. The van der Waals surface area contributed by atoms with Crippen molar-refractivity contribution in [3.63, 3.8) is 0 Å². The van der Waals surface area contributed by atoms with E-state index in [1.807, 2.05) is 6.92 Å². The van der Waals surface area contributed by atoms with Crippen molar-refractivity contribution >= 4 is 11.7 Å². The van der Waals surface area contributed by atoms with Crippen molar-refractivity contribution < 1.29 is 9.18 Å². The highest BCUT2D eigenvalue weighted by molar-refractivity contribution is 6.04. The molecule has 0 saturated heterocycles. The zero-order valence-electron chi connectivity index (χ0n) is 11.5. The van der Waals surface area contributed by atoms with Crippen molar-refractivity contribution in [2.75, 3.05) is 11.9 Å². The number of amides is 1. The van der Waals surface area contributed by atoms with Gasteiger partial charge in [-0.1, -0.05) is 11.8 Å². The summed E-state index contributed by atoms with van der Waals surface area (Å²) in [5.74, 6) is 4.53. The quantitative estimate of drug-likeness (QED) is 0.829. The van der Waals surface area contributed by atoms with Crippen LogP contribution in [-0.4, -0.2) is 17.4 Å². The molecule has 0 unspecified atom stereocenters. The molecule has 2 rings (SSSR count). The van der Waals surface area contributed by atoms with Crippen LogP contribution in [0.4, 0.5) is 10.2 Å². The van der Waals surface area contributed by atoms with Crippen molar-refractivity contribution in [2.45, 2.75) is 6.92 Å². The van der Waals surface area contributed by atoms with E-state index in [2.05, 4.69) is 22.1 Å². The molecule has 2 aromatic rings. The average Bonchev–Trinajstić information content (AvgIpc) is 2.45. The molecule has 0 fully saturated rings. The van der Waals surface area contributed by atoms with Crippen LogP contribution in [0.5, 0.6) is 0 Å². The van der Waals surface area contributed by atoms with Gasteiger partial charge in [0, 0.05) is 11.8 Å². The van der Waals surface area contributed by atoms with Gasteiger partial charge in [0.15, 0.2) is 0 Å². The van der Waals surface area contributed by atoms with Crippen LogP contribution in [0.25, 0.3) is 0 Å². The zero-order valence-corrected chi connectivity index (χ0v) is 11.5. The molecule has 0 aliphatic heterocycles. The maximum Gasteiger partial charge on any atom is 0.259 e. The van der Waals surface area contributed by atoms with E-state index in [0.29, 0.717) is 11.4 Å². The molecule has 0 bridgehead atoms. The van der Waals surface area contributed by atoms with Gasteiger partial charge in [-0.25, -0.2) is 9.37 Å². The molecule has 0 saturated carbocycles. The number of halogens is 1. The Bertz CT molecular complexity index is 732. The number of hydrogen-bond acceptors (Lipinski definition) is 3. The Morgan fingerprint density at radius 2 is 2.19 bits per heavy atom. The molecule has 21 heavy (non-hydrogen) atoms. The largest absolute Gasteiger partial charge is 0.320 e. The second-order valence-corrected chi connectivity index (χ2v) is 4.37. The van der Waals surface area contributed by atoms with Crippen LogP contribution in [0.1, 0.15) is 21.5 Å². The zero-order chi connectivity index (χ0) is 15.2. The number of nitrogens with zero attached hydrogens (tertiary/aromatic N) is 1. The van der Waals surface area contributed by atoms with Gasteiger partial charge < -0.3 is 11.1 Å². The van der Waals surface area contributed by atoms with Crippen LogP contribution in [0.15, 0.2) is 36.5 Å². The van der Waals surface area contributed by atoms with E-state index in [-0.39, 0.29) is 12.1 Å². The highest BCUT2D eigenvalue weighted by Crippen LogP contribution is 2.13. The van der Waals surface area contributed by atoms with Gasteiger partial charge in [0.25, 0.3) is 5.91 Å². The van der Waals surface area contributed by atoms with E-state index in [9.17, 15) is 9.18 Å².